The summed E-state index contributed by atoms with van der Waals surface area (Å²) in [5.74, 6) is -1.40. The first kappa shape index (κ1) is 24.3. The van der Waals surface area contributed by atoms with Crippen molar-refractivity contribution in [1.29, 1.82) is 0 Å². The monoisotopic (exact) mass is 468 g/mol. The van der Waals surface area contributed by atoms with E-state index >= 15 is 0 Å². The Labute approximate surface area is 188 Å². The van der Waals surface area contributed by atoms with Gasteiger partial charge in [-0.25, -0.2) is 17.2 Å². The topological polar surface area (TPSA) is 75.5 Å². The number of aromatic nitrogens is 2. The van der Waals surface area contributed by atoms with Crippen molar-refractivity contribution < 1.29 is 22.0 Å². The Balaban J connectivity index is 1.59. The van der Waals surface area contributed by atoms with Crippen LogP contribution in [0.3, 0.4) is 0 Å². The molecule has 1 saturated heterocycles. The Hall–Kier alpha value is -2.33. The lowest BCUT2D eigenvalue weighted by Gasteiger charge is -2.34. The summed E-state index contributed by atoms with van der Waals surface area (Å²) in [6, 6.07) is 2.36. The number of amides is 1. The molecular formula is C22H30F2N4O3S. The second-order valence-corrected chi connectivity index (χ2v) is 10.5. The van der Waals surface area contributed by atoms with Crippen LogP contribution >= 0.6 is 0 Å². The lowest BCUT2D eigenvalue weighted by molar-refractivity contribution is -0.132. The van der Waals surface area contributed by atoms with Gasteiger partial charge in [0.15, 0.2) is 0 Å². The van der Waals surface area contributed by atoms with Crippen LogP contribution in [-0.4, -0.2) is 59.5 Å². The maximum Gasteiger partial charge on any atom is 0.246 e. The molecule has 2 heterocycles. The van der Waals surface area contributed by atoms with Crippen LogP contribution in [0.25, 0.3) is 0 Å². The molecule has 176 valence electrons. The molecule has 1 aliphatic rings. The van der Waals surface area contributed by atoms with Gasteiger partial charge in [-0.3, -0.25) is 9.48 Å². The van der Waals surface area contributed by atoms with Crippen molar-refractivity contribution in [2.45, 2.75) is 52.0 Å². The zero-order valence-corrected chi connectivity index (χ0v) is 19.8. The van der Waals surface area contributed by atoms with Gasteiger partial charge in [0.25, 0.3) is 0 Å². The molecule has 1 aromatic carbocycles. The number of rotatable bonds is 7. The molecule has 1 fully saturated rings. The van der Waals surface area contributed by atoms with E-state index in [-0.39, 0.29) is 32.1 Å². The van der Waals surface area contributed by atoms with Crippen molar-refractivity contribution in [3.05, 3.63) is 46.8 Å². The molecule has 32 heavy (non-hydrogen) atoms. The van der Waals surface area contributed by atoms with Gasteiger partial charge < -0.3 is 4.90 Å². The van der Waals surface area contributed by atoms with Crippen LogP contribution in [-0.2, 0) is 27.8 Å². The molecule has 0 N–H and O–H groups in total. The van der Waals surface area contributed by atoms with Gasteiger partial charge in [-0.05, 0) is 49.9 Å². The minimum atomic E-state index is -4.17. The lowest BCUT2D eigenvalue weighted by atomic mass is 10.1. The molecule has 1 amide bonds. The van der Waals surface area contributed by atoms with Crippen molar-refractivity contribution in [3.8, 4) is 0 Å². The highest BCUT2D eigenvalue weighted by Crippen LogP contribution is 2.22. The van der Waals surface area contributed by atoms with Crippen molar-refractivity contribution in [1.82, 2.24) is 19.0 Å². The highest BCUT2D eigenvalue weighted by molar-refractivity contribution is 7.89. The standard InChI is InChI=1S/C22H30F2N4O3S/c1-15(2)14-28-17(4)19(16(3)25-28)6-8-22(29)26-9-11-27(12-10-26)32(30,31)21-13-18(23)5-7-20(21)24/h5,7,13,15H,6,8-12,14H2,1-4H3. The number of benzene rings is 1. The number of carbonyl (C=O) groups excluding carboxylic acids is 1. The van der Waals surface area contributed by atoms with E-state index in [1.807, 2.05) is 18.5 Å². The van der Waals surface area contributed by atoms with Crippen molar-refractivity contribution in [3.63, 3.8) is 0 Å². The molecule has 0 spiro atoms. The molecule has 3 rings (SSSR count). The third kappa shape index (κ3) is 5.17. The van der Waals surface area contributed by atoms with Gasteiger partial charge in [0.1, 0.15) is 16.5 Å². The summed E-state index contributed by atoms with van der Waals surface area (Å²) in [6.07, 6.45) is 0.877. The second-order valence-electron chi connectivity index (χ2n) is 8.58. The fraction of sp³-hybridized carbons (Fsp3) is 0.545. The largest absolute Gasteiger partial charge is 0.340 e. The molecule has 7 nitrogen and oxygen atoms in total. The molecule has 0 unspecified atom stereocenters. The third-order valence-electron chi connectivity index (χ3n) is 5.76. The normalized spacial score (nSPS) is 15.5. The van der Waals surface area contributed by atoms with Crippen LogP contribution in [0.15, 0.2) is 23.1 Å². The smallest absolute Gasteiger partial charge is 0.246 e. The van der Waals surface area contributed by atoms with E-state index in [0.717, 1.165) is 39.9 Å². The molecular weight excluding hydrogens is 438 g/mol. The number of hydrogen-bond acceptors (Lipinski definition) is 4. The van der Waals surface area contributed by atoms with Gasteiger partial charge in [0.05, 0.1) is 5.69 Å². The number of nitrogens with zero attached hydrogens (tertiary/aromatic N) is 4. The van der Waals surface area contributed by atoms with Crippen molar-refractivity contribution in [2.24, 2.45) is 5.92 Å². The Kier molecular flexibility index (Phi) is 7.34. The summed E-state index contributed by atoms with van der Waals surface area (Å²) < 4.78 is 55.9. The average Bonchev–Trinajstić information content (AvgIpc) is 3.00. The number of carbonyl (C=O) groups is 1. The van der Waals surface area contributed by atoms with Crippen molar-refractivity contribution >= 4 is 15.9 Å². The molecule has 0 radical (unpaired) electrons. The third-order valence-corrected chi connectivity index (χ3v) is 7.67. The summed E-state index contributed by atoms with van der Waals surface area (Å²) in [5.41, 5.74) is 3.06. The van der Waals surface area contributed by atoms with E-state index in [1.165, 1.54) is 0 Å². The van der Waals surface area contributed by atoms with Gasteiger partial charge >= 0.3 is 0 Å². The van der Waals surface area contributed by atoms with Crippen LogP contribution in [0.5, 0.6) is 0 Å². The highest BCUT2D eigenvalue weighted by atomic mass is 32.2. The van der Waals surface area contributed by atoms with E-state index in [0.29, 0.717) is 24.8 Å². The van der Waals surface area contributed by atoms with Crippen LogP contribution in [0.2, 0.25) is 0 Å². The number of hydrogen-bond donors (Lipinski definition) is 0. The van der Waals surface area contributed by atoms with Gasteiger partial charge in [-0.2, -0.15) is 9.40 Å². The van der Waals surface area contributed by atoms with Gasteiger partial charge in [0.2, 0.25) is 15.9 Å². The summed E-state index contributed by atoms with van der Waals surface area (Å²) in [7, 11) is -4.17. The number of aryl methyl sites for hydroxylation is 1. The minimum Gasteiger partial charge on any atom is -0.340 e. The summed E-state index contributed by atoms with van der Waals surface area (Å²) >= 11 is 0. The fourth-order valence-corrected chi connectivity index (χ4v) is 5.50. The number of halogens is 2. The van der Waals surface area contributed by atoms with E-state index in [2.05, 4.69) is 18.9 Å². The Morgan fingerprint density at radius 2 is 1.78 bits per heavy atom. The quantitative estimate of drug-likeness (QED) is 0.626. The zero-order chi connectivity index (χ0) is 23.6. The molecule has 0 bridgehead atoms. The SMILES string of the molecule is Cc1nn(CC(C)C)c(C)c1CCC(=O)N1CCN(S(=O)(=O)c2cc(F)ccc2F)CC1. The maximum atomic E-state index is 14.0. The maximum absolute atomic E-state index is 14.0. The first-order chi connectivity index (χ1) is 15.0. The van der Waals surface area contributed by atoms with Crippen LogP contribution in [0.4, 0.5) is 8.78 Å². The van der Waals surface area contributed by atoms with E-state index in [4.69, 9.17) is 0 Å². The number of piperazine rings is 1. The molecule has 10 heteroatoms. The predicted molar refractivity (Wildman–Crippen MR) is 117 cm³/mol. The second kappa shape index (κ2) is 9.66. The summed E-state index contributed by atoms with van der Waals surface area (Å²) in [4.78, 5) is 13.7. The first-order valence-electron chi connectivity index (χ1n) is 10.8. The minimum absolute atomic E-state index is 0.0361. The van der Waals surface area contributed by atoms with Crippen molar-refractivity contribution in [2.75, 3.05) is 26.2 Å². The average molecular weight is 469 g/mol. The molecule has 0 atom stereocenters. The van der Waals surface area contributed by atoms with Gasteiger partial charge in [0, 0.05) is 44.8 Å². The van der Waals surface area contributed by atoms with Crippen LogP contribution < -0.4 is 0 Å². The molecule has 0 aliphatic carbocycles. The highest BCUT2D eigenvalue weighted by Gasteiger charge is 2.32. The van der Waals surface area contributed by atoms with E-state index in [1.54, 1.807) is 4.90 Å². The molecule has 0 saturated carbocycles. The Morgan fingerprint density at radius 1 is 1.12 bits per heavy atom. The zero-order valence-electron chi connectivity index (χ0n) is 18.9. The molecule has 2 aromatic rings. The molecule has 1 aromatic heterocycles. The fourth-order valence-electron chi connectivity index (χ4n) is 4.00. The first-order valence-corrected chi connectivity index (χ1v) is 12.2. The van der Waals surface area contributed by atoms with E-state index < -0.39 is 26.6 Å². The van der Waals surface area contributed by atoms with Gasteiger partial charge in [-0.1, -0.05) is 13.8 Å². The summed E-state index contributed by atoms with van der Waals surface area (Å²) in [6.45, 7) is 9.52. The Bertz CT molecular complexity index is 1090. The Morgan fingerprint density at radius 3 is 2.41 bits per heavy atom. The summed E-state index contributed by atoms with van der Waals surface area (Å²) in [5, 5.41) is 4.58. The molecule has 1 aliphatic heterocycles. The lowest BCUT2D eigenvalue weighted by Crippen LogP contribution is -2.50. The van der Waals surface area contributed by atoms with Crippen LogP contribution in [0, 0.1) is 31.4 Å². The number of sulfonamides is 1. The van der Waals surface area contributed by atoms with E-state index in [9.17, 15) is 22.0 Å². The van der Waals surface area contributed by atoms with Crippen LogP contribution in [0.1, 0.15) is 37.2 Å². The van der Waals surface area contributed by atoms with Gasteiger partial charge in [-0.15, -0.1) is 0 Å². The predicted octanol–water partition coefficient (Wildman–Crippen LogP) is 2.90.